The number of rotatable bonds is 6. The van der Waals surface area contributed by atoms with E-state index in [1.54, 1.807) is 31.3 Å². The van der Waals surface area contributed by atoms with Gasteiger partial charge in [0.25, 0.3) is 0 Å². The van der Waals surface area contributed by atoms with E-state index in [4.69, 9.17) is 0 Å². The molecular formula is C29H50. The van der Waals surface area contributed by atoms with Crippen molar-refractivity contribution in [1.29, 1.82) is 0 Å². The number of hydrogen-bond acceptors (Lipinski definition) is 0. The zero-order chi connectivity index (χ0) is 20.6. The van der Waals surface area contributed by atoms with Crippen LogP contribution >= 0.6 is 0 Å². The van der Waals surface area contributed by atoms with Crippen molar-refractivity contribution in [2.24, 2.45) is 46.3 Å². The largest absolute Gasteiger partial charge is 0.0996 e. The Morgan fingerprint density at radius 3 is 2.28 bits per heavy atom. The van der Waals surface area contributed by atoms with Crippen molar-refractivity contribution in [3.05, 3.63) is 12.2 Å². The van der Waals surface area contributed by atoms with E-state index < -0.39 is 0 Å². The highest BCUT2D eigenvalue weighted by atomic mass is 14.6. The van der Waals surface area contributed by atoms with Crippen LogP contribution in [0.3, 0.4) is 0 Å². The standard InChI is InChI=1S/C29H50/c1-6-9-10-21(4)26-13-14-27-25-12-11-22-15-18-28(5,7-2)19-16-23(22)24(25)17-20-29(26,27)8-3/h22-27H,4,6-20H2,1-3,5H3/t22?,23?,24?,25?,26?,27?,28-,29?/m0/s1. The predicted molar refractivity (Wildman–Crippen MR) is 127 cm³/mol. The van der Waals surface area contributed by atoms with Gasteiger partial charge in [0, 0.05) is 0 Å². The second-order valence-corrected chi connectivity index (χ2v) is 12.2. The molecule has 0 aromatic rings. The normalized spacial score (nSPS) is 47.0. The van der Waals surface area contributed by atoms with E-state index in [1.165, 1.54) is 70.6 Å². The zero-order valence-corrected chi connectivity index (χ0v) is 20.3. The molecule has 166 valence electrons. The van der Waals surface area contributed by atoms with E-state index in [0.29, 0.717) is 10.8 Å². The van der Waals surface area contributed by atoms with Crippen LogP contribution in [0.25, 0.3) is 0 Å². The van der Waals surface area contributed by atoms with Crippen LogP contribution in [-0.2, 0) is 0 Å². The van der Waals surface area contributed by atoms with Gasteiger partial charge in [-0.25, -0.2) is 0 Å². The Balaban J connectivity index is 1.52. The summed E-state index contributed by atoms with van der Waals surface area (Å²) in [7, 11) is 0. The average Bonchev–Trinajstić information content (AvgIpc) is 3.05. The lowest BCUT2D eigenvalue weighted by Gasteiger charge is -2.56. The first-order valence-corrected chi connectivity index (χ1v) is 13.7. The van der Waals surface area contributed by atoms with Crippen LogP contribution in [0.5, 0.6) is 0 Å². The van der Waals surface area contributed by atoms with Crippen LogP contribution in [0.2, 0.25) is 0 Å². The zero-order valence-electron chi connectivity index (χ0n) is 20.3. The summed E-state index contributed by atoms with van der Waals surface area (Å²) in [5, 5.41) is 0. The molecule has 4 rings (SSSR count). The fourth-order valence-corrected chi connectivity index (χ4v) is 9.25. The van der Waals surface area contributed by atoms with Gasteiger partial charge < -0.3 is 0 Å². The monoisotopic (exact) mass is 398 g/mol. The highest BCUT2D eigenvalue weighted by molar-refractivity contribution is 5.16. The van der Waals surface area contributed by atoms with Gasteiger partial charge in [-0.2, -0.15) is 0 Å². The molecule has 0 amide bonds. The molecule has 4 aliphatic rings. The SMILES string of the molecule is C=C(CCCC)C1CCC2C3CCC4CC[C@](C)(CC)CCC4C3CCC12CC. The third-order valence-electron chi connectivity index (χ3n) is 11.3. The molecule has 0 radical (unpaired) electrons. The summed E-state index contributed by atoms with van der Waals surface area (Å²) in [4.78, 5) is 0. The minimum absolute atomic E-state index is 0.626. The van der Waals surface area contributed by atoms with Crippen LogP contribution in [0.4, 0.5) is 0 Å². The van der Waals surface area contributed by atoms with Crippen molar-refractivity contribution in [3.63, 3.8) is 0 Å². The lowest BCUT2D eigenvalue weighted by molar-refractivity contribution is -0.0595. The van der Waals surface area contributed by atoms with E-state index in [1.807, 2.05) is 0 Å². The molecule has 4 saturated carbocycles. The van der Waals surface area contributed by atoms with Gasteiger partial charge in [-0.15, -0.1) is 0 Å². The van der Waals surface area contributed by atoms with Gasteiger partial charge in [-0.3, -0.25) is 0 Å². The molecule has 8 atom stereocenters. The number of allylic oxidation sites excluding steroid dienone is 1. The van der Waals surface area contributed by atoms with E-state index in [0.717, 1.165) is 35.5 Å². The Labute approximate surface area is 182 Å². The van der Waals surface area contributed by atoms with Crippen LogP contribution < -0.4 is 0 Å². The molecule has 0 heterocycles. The molecule has 0 bridgehead atoms. The van der Waals surface area contributed by atoms with E-state index in [2.05, 4.69) is 34.3 Å². The van der Waals surface area contributed by atoms with Crippen molar-refractivity contribution in [1.82, 2.24) is 0 Å². The highest BCUT2D eigenvalue weighted by Gasteiger charge is 2.58. The molecule has 0 heteroatoms. The molecule has 0 spiro atoms. The molecule has 4 aliphatic carbocycles. The number of fused-ring (bicyclic) bond motifs is 5. The van der Waals surface area contributed by atoms with Gasteiger partial charge in [-0.05, 0) is 130 Å². The molecule has 0 N–H and O–H groups in total. The van der Waals surface area contributed by atoms with Gasteiger partial charge in [0.1, 0.15) is 0 Å². The fourth-order valence-electron chi connectivity index (χ4n) is 9.25. The minimum Gasteiger partial charge on any atom is -0.0996 e. The molecule has 0 aromatic carbocycles. The highest BCUT2D eigenvalue weighted by Crippen LogP contribution is 2.67. The number of unbranched alkanes of at least 4 members (excludes halogenated alkanes) is 1. The molecule has 0 aromatic heterocycles. The van der Waals surface area contributed by atoms with Crippen molar-refractivity contribution in [2.45, 2.75) is 124 Å². The Bertz CT molecular complexity index is 575. The van der Waals surface area contributed by atoms with Crippen molar-refractivity contribution in [3.8, 4) is 0 Å². The molecule has 0 aliphatic heterocycles. The first-order chi connectivity index (χ1) is 14.0. The Kier molecular flexibility index (Phi) is 6.59. The summed E-state index contributed by atoms with van der Waals surface area (Å²) >= 11 is 0. The minimum atomic E-state index is 0.626. The van der Waals surface area contributed by atoms with Gasteiger partial charge >= 0.3 is 0 Å². The lowest BCUT2D eigenvalue weighted by atomic mass is 9.49. The summed E-state index contributed by atoms with van der Waals surface area (Å²) in [6.07, 6.45) is 22.1. The van der Waals surface area contributed by atoms with Crippen LogP contribution in [0, 0.1) is 46.3 Å². The Hall–Kier alpha value is -0.260. The van der Waals surface area contributed by atoms with Crippen molar-refractivity contribution in [2.75, 3.05) is 0 Å². The maximum atomic E-state index is 4.67. The first-order valence-electron chi connectivity index (χ1n) is 13.7. The van der Waals surface area contributed by atoms with Crippen LogP contribution in [0.1, 0.15) is 124 Å². The lowest BCUT2D eigenvalue weighted by Crippen LogP contribution is -2.48. The van der Waals surface area contributed by atoms with Crippen LogP contribution in [0.15, 0.2) is 12.2 Å². The number of hydrogen-bond donors (Lipinski definition) is 0. The summed E-state index contributed by atoms with van der Waals surface area (Å²) in [5.74, 6) is 6.13. The molecule has 29 heavy (non-hydrogen) atoms. The van der Waals surface area contributed by atoms with E-state index in [9.17, 15) is 0 Å². The fraction of sp³-hybridized carbons (Fsp3) is 0.931. The first kappa shape index (κ1) is 22.0. The maximum Gasteiger partial charge on any atom is -0.0147 e. The summed E-state index contributed by atoms with van der Waals surface area (Å²) in [6, 6.07) is 0. The van der Waals surface area contributed by atoms with E-state index in [-0.39, 0.29) is 0 Å². The van der Waals surface area contributed by atoms with Gasteiger partial charge in [0.2, 0.25) is 0 Å². The Morgan fingerprint density at radius 1 is 0.793 bits per heavy atom. The quantitative estimate of drug-likeness (QED) is 0.391. The Morgan fingerprint density at radius 2 is 1.55 bits per heavy atom. The molecular weight excluding hydrogens is 348 g/mol. The smallest absolute Gasteiger partial charge is 0.0147 e. The van der Waals surface area contributed by atoms with Gasteiger partial charge in [0.05, 0.1) is 0 Å². The third kappa shape index (κ3) is 3.78. The van der Waals surface area contributed by atoms with E-state index >= 15 is 0 Å². The maximum absolute atomic E-state index is 4.67. The molecule has 4 fully saturated rings. The van der Waals surface area contributed by atoms with Crippen LogP contribution in [-0.4, -0.2) is 0 Å². The van der Waals surface area contributed by atoms with Crippen molar-refractivity contribution < 1.29 is 0 Å². The molecule has 0 nitrogen and oxygen atoms in total. The average molecular weight is 399 g/mol. The predicted octanol–water partition coefficient (Wildman–Crippen LogP) is 9.20. The summed E-state index contributed by atoms with van der Waals surface area (Å²) in [6.45, 7) is 14.6. The molecule has 7 unspecified atom stereocenters. The summed E-state index contributed by atoms with van der Waals surface area (Å²) < 4.78 is 0. The third-order valence-corrected chi connectivity index (χ3v) is 11.3. The second kappa shape index (κ2) is 8.70. The summed E-state index contributed by atoms with van der Waals surface area (Å²) in [5.41, 5.74) is 2.91. The van der Waals surface area contributed by atoms with Gasteiger partial charge in [-0.1, -0.05) is 52.7 Å². The second-order valence-electron chi connectivity index (χ2n) is 12.2. The van der Waals surface area contributed by atoms with Gasteiger partial charge in [0.15, 0.2) is 0 Å². The molecule has 0 saturated heterocycles. The topological polar surface area (TPSA) is 0 Å². The van der Waals surface area contributed by atoms with Crippen molar-refractivity contribution >= 4 is 0 Å².